The topological polar surface area (TPSA) is 29.1 Å². The Hall–Kier alpha value is -0.370. The zero-order valence-electron chi connectivity index (χ0n) is 7.76. The van der Waals surface area contributed by atoms with Gasteiger partial charge in [-0.15, -0.1) is 0 Å². The van der Waals surface area contributed by atoms with Gasteiger partial charge in [0.15, 0.2) is 0 Å². The van der Waals surface area contributed by atoms with E-state index in [0.29, 0.717) is 18.4 Å². The number of nitrogens with one attached hydrogen (secondary N) is 1. The Labute approximate surface area is 69.4 Å². The van der Waals surface area contributed by atoms with Crippen molar-refractivity contribution >= 4 is 6.29 Å². The standard InChI is InChI=1S/C9H19NO/c1-4-9(5-6-11)10-7-8(2)3/h6,8-10H,4-5,7H2,1-3H3. The van der Waals surface area contributed by atoms with Gasteiger partial charge in [-0.05, 0) is 18.9 Å². The van der Waals surface area contributed by atoms with Crippen molar-refractivity contribution < 1.29 is 4.79 Å². The molecule has 11 heavy (non-hydrogen) atoms. The van der Waals surface area contributed by atoms with Crippen molar-refractivity contribution in [1.82, 2.24) is 5.32 Å². The minimum absolute atomic E-state index is 0.384. The van der Waals surface area contributed by atoms with Gasteiger partial charge in [0.05, 0.1) is 0 Å². The molecule has 0 amide bonds. The van der Waals surface area contributed by atoms with Crippen LogP contribution >= 0.6 is 0 Å². The number of carbonyl (C=O) groups excluding carboxylic acids is 1. The molecular formula is C9H19NO. The summed E-state index contributed by atoms with van der Waals surface area (Å²) in [5.74, 6) is 0.663. The van der Waals surface area contributed by atoms with E-state index in [4.69, 9.17) is 0 Å². The summed E-state index contributed by atoms with van der Waals surface area (Å²) in [6.07, 6.45) is 2.66. The molecule has 2 heteroatoms. The van der Waals surface area contributed by atoms with E-state index < -0.39 is 0 Å². The Bertz CT molecular complexity index is 102. The highest BCUT2D eigenvalue weighted by molar-refractivity contribution is 5.50. The second-order valence-electron chi connectivity index (χ2n) is 3.31. The quantitative estimate of drug-likeness (QED) is 0.593. The van der Waals surface area contributed by atoms with Crippen LogP contribution in [-0.4, -0.2) is 18.9 Å². The van der Waals surface area contributed by atoms with Gasteiger partial charge < -0.3 is 10.1 Å². The Morgan fingerprint density at radius 2 is 2.09 bits per heavy atom. The third-order valence-electron chi connectivity index (χ3n) is 1.69. The molecule has 1 unspecified atom stereocenters. The van der Waals surface area contributed by atoms with Crippen molar-refractivity contribution in [3.63, 3.8) is 0 Å². The van der Waals surface area contributed by atoms with E-state index in [1.54, 1.807) is 0 Å². The monoisotopic (exact) mass is 157 g/mol. The van der Waals surface area contributed by atoms with Crippen molar-refractivity contribution in [3.8, 4) is 0 Å². The van der Waals surface area contributed by atoms with Gasteiger partial charge in [0, 0.05) is 12.5 Å². The van der Waals surface area contributed by atoms with Gasteiger partial charge in [0.1, 0.15) is 6.29 Å². The zero-order valence-corrected chi connectivity index (χ0v) is 7.76. The molecule has 66 valence electrons. The first-order valence-electron chi connectivity index (χ1n) is 4.37. The smallest absolute Gasteiger partial charge is 0.121 e. The first kappa shape index (κ1) is 10.6. The molecule has 0 bridgehead atoms. The summed E-state index contributed by atoms with van der Waals surface area (Å²) in [5.41, 5.74) is 0. The lowest BCUT2D eigenvalue weighted by molar-refractivity contribution is -0.108. The lowest BCUT2D eigenvalue weighted by atomic mass is 10.1. The fourth-order valence-corrected chi connectivity index (χ4v) is 0.913. The van der Waals surface area contributed by atoms with E-state index >= 15 is 0 Å². The molecule has 0 saturated heterocycles. The van der Waals surface area contributed by atoms with Gasteiger partial charge in [0.25, 0.3) is 0 Å². The number of carbonyl (C=O) groups is 1. The Morgan fingerprint density at radius 3 is 2.45 bits per heavy atom. The molecule has 0 heterocycles. The van der Waals surface area contributed by atoms with Crippen molar-refractivity contribution in [2.75, 3.05) is 6.54 Å². The first-order valence-corrected chi connectivity index (χ1v) is 4.37. The van der Waals surface area contributed by atoms with Crippen LogP contribution < -0.4 is 5.32 Å². The van der Waals surface area contributed by atoms with Crippen LogP contribution in [0.5, 0.6) is 0 Å². The molecule has 0 rings (SSSR count). The summed E-state index contributed by atoms with van der Waals surface area (Å²) >= 11 is 0. The number of hydrogen-bond acceptors (Lipinski definition) is 2. The number of aldehydes is 1. The Morgan fingerprint density at radius 1 is 1.45 bits per heavy atom. The molecule has 1 N–H and O–H groups in total. The van der Waals surface area contributed by atoms with Gasteiger partial charge in [-0.2, -0.15) is 0 Å². The maximum Gasteiger partial charge on any atom is 0.121 e. The molecule has 0 fully saturated rings. The van der Waals surface area contributed by atoms with Crippen LogP contribution in [0.1, 0.15) is 33.6 Å². The largest absolute Gasteiger partial charge is 0.313 e. The minimum atomic E-state index is 0.384. The molecule has 0 aromatic carbocycles. The number of rotatable bonds is 6. The molecule has 0 spiro atoms. The lowest BCUT2D eigenvalue weighted by Gasteiger charge is -2.15. The summed E-state index contributed by atoms with van der Waals surface area (Å²) in [4.78, 5) is 10.2. The molecular weight excluding hydrogens is 138 g/mol. The summed E-state index contributed by atoms with van der Waals surface area (Å²) in [5, 5.41) is 3.34. The maximum absolute atomic E-state index is 10.2. The minimum Gasteiger partial charge on any atom is -0.313 e. The fraction of sp³-hybridized carbons (Fsp3) is 0.889. The van der Waals surface area contributed by atoms with Crippen LogP contribution in [0, 0.1) is 5.92 Å². The fourth-order valence-electron chi connectivity index (χ4n) is 0.913. The maximum atomic E-state index is 10.2. The zero-order chi connectivity index (χ0) is 8.69. The molecule has 2 nitrogen and oxygen atoms in total. The molecule has 0 radical (unpaired) electrons. The second-order valence-corrected chi connectivity index (χ2v) is 3.31. The highest BCUT2D eigenvalue weighted by Crippen LogP contribution is 1.96. The average Bonchev–Trinajstić information content (AvgIpc) is 1.97. The highest BCUT2D eigenvalue weighted by Gasteiger charge is 2.04. The summed E-state index contributed by atoms with van der Waals surface area (Å²) < 4.78 is 0. The molecule has 0 aliphatic heterocycles. The van der Waals surface area contributed by atoms with E-state index in [0.717, 1.165) is 19.3 Å². The predicted octanol–water partition coefficient (Wildman–Crippen LogP) is 1.60. The molecule has 0 aliphatic rings. The molecule has 1 atom stereocenters. The van der Waals surface area contributed by atoms with E-state index in [1.165, 1.54) is 0 Å². The van der Waals surface area contributed by atoms with Crippen LogP contribution in [0.2, 0.25) is 0 Å². The van der Waals surface area contributed by atoms with Gasteiger partial charge in [-0.25, -0.2) is 0 Å². The van der Waals surface area contributed by atoms with Crippen LogP contribution in [0.15, 0.2) is 0 Å². The lowest BCUT2D eigenvalue weighted by Crippen LogP contribution is -2.31. The second kappa shape index (κ2) is 6.35. The van der Waals surface area contributed by atoms with E-state index in [-0.39, 0.29) is 0 Å². The van der Waals surface area contributed by atoms with Gasteiger partial charge in [0.2, 0.25) is 0 Å². The third-order valence-corrected chi connectivity index (χ3v) is 1.69. The SMILES string of the molecule is CCC(CC=O)NCC(C)C. The van der Waals surface area contributed by atoms with Gasteiger partial charge >= 0.3 is 0 Å². The van der Waals surface area contributed by atoms with E-state index in [9.17, 15) is 4.79 Å². The molecule has 0 aliphatic carbocycles. The summed E-state index contributed by atoms with van der Waals surface area (Å²) in [6, 6.07) is 0.384. The average molecular weight is 157 g/mol. The summed E-state index contributed by atoms with van der Waals surface area (Å²) in [7, 11) is 0. The molecule has 0 saturated carbocycles. The van der Waals surface area contributed by atoms with Crippen molar-refractivity contribution in [3.05, 3.63) is 0 Å². The van der Waals surface area contributed by atoms with Crippen LogP contribution in [0.4, 0.5) is 0 Å². The van der Waals surface area contributed by atoms with Crippen LogP contribution in [0.25, 0.3) is 0 Å². The van der Waals surface area contributed by atoms with E-state index in [1.807, 2.05) is 0 Å². The Balaban J connectivity index is 3.43. The summed E-state index contributed by atoms with van der Waals surface area (Å²) in [6.45, 7) is 7.44. The third kappa shape index (κ3) is 6.05. The van der Waals surface area contributed by atoms with Crippen LogP contribution in [-0.2, 0) is 4.79 Å². The predicted molar refractivity (Wildman–Crippen MR) is 47.6 cm³/mol. The normalized spacial score (nSPS) is 13.5. The van der Waals surface area contributed by atoms with Gasteiger partial charge in [-0.1, -0.05) is 20.8 Å². The van der Waals surface area contributed by atoms with Crippen LogP contribution in [0.3, 0.4) is 0 Å². The molecule has 0 aromatic rings. The van der Waals surface area contributed by atoms with Crippen molar-refractivity contribution in [1.29, 1.82) is 0 Å². The van der Waals surface area contributed by atoms with E-state index in [2.05, 4.69) is 26.1 Å². The highest BCUT2D eigenvalue weighted by atomic mass is 16.1. The van der Waals surface area contributed by atoms with Crippen molar-refractivity contribution in [2.45, 2.75) is 39.7 Å². The first-order chi connectivity index (χ1) is 5.20. The number of hydrogen-bond donors (Lipinski definition) is 1. The van der Waals surface area contributed by atoms with Crippen molar-refractivity contribution in [2.24, 2.45) is 5.92 Å². The molecule has 0 aromatic heterocycles. The Kier molecular flexibility index (Phi) is 6.13. The van der Waals surface area contributed by atoms with Gasteiger partial charge in [-0.3, -0.25) is 0 Å².